The van der Waals surface area contributed by atoms with Gasteiger partial charge in [-0.05, 0) is 48.4 Å². The van der Waals surface area contributed by atoms with Crippen LogP contribution < -0.4 is 10.1 Å². The number of aromatic nitrogens is 2. The maximum absolute atomic E-state index is 12.5. The zero-order valence-corrected chi connectivity index (χ0v) is 17.9. The predicted octanol–water partition coefficient (Wildman–Crippen LogP) is 3.66. The van der Waals surface area contributed by atoms with E-state index < -0.39 is 0 Å². The summed E-state index contributed by atoms with van der Waals surface area (Å²) in [6.45, 7) is 5.53. The Morgan fingerprint density at radius 1 is 1.06 bits per heavy atom. The fourth-order valence-electron chi connectivity index (χ4n) is 3.50. The lowest BCUT2D eigenvalue weighted by Gasteiger charge is -2.34. The summed E-state index contributed by atoms with van der Waals surface area (Å²) < 4.78 is 10.6. The first-order valence-corrected chi connectivity index (χ1v) is 10.5. The Kier molecular flexibility index (Phi) is 6.47. The molecule has 0 radical (unpaired) electrons. The number of amides is 2. The Morgan fingerprint density at radius 2 is 1.77 bits per heavy atom. The van der Waals surface area contributed by atoms with Gasteiger partial charge in [0.25, 0.3) is 5.89 Å². The first kappa shape index (κ1) is 20.9. The first-order chi connectivity index (χ1) is 15.1. The number of nitrogens with zero attached hydrogens (tertiary/aromatic N) is 4. The molecular formula is C23H27N5O3. The average Bonchev–Trinajstić information content (AvgIpc) is 3.28. The van der Waals surface area contributed by atoms with Crippen LogP contribution in [0.3, 0.4) is 0 Å². The highest BCUT2D eigenvalue weighted by Gasteiger charge is 2.22. The van der Waals surface area contributed by atoms with Crippen molar-refractivity contribution >= 4 is 11.7 Å². The molecule has 162 valence electrons. The second-order valence-corrected chi connectivity index (χ2v) is 7.49. The van der Waals surface area contributed by atoms with E-state index in [0.29, 0.717) is 31.3 Å². The molecular weight excluding hydrogens is 394 g/mol. The molecule has 0 spiro atoms. The molecule has 8 nitrogen and oxygen atoms in total. The molecule has 4 rings (SSSR count). The number of urea groups is 1. The van der Waals surface area contributed by atoms with Crippen LogP contribution in [0.5, 0.6) is 5.75 Å². The molecule has 0 bridgehead atoms. The number of anilines is 1. The molecule has 0 unspecified atom stereocenters. The van der Waals surface area contributed by atoms with Crippen molar-refractivity contribution in [2.24, 2.45) is 0 Å². The lowest BCUT2D eigenvalue weighted by atomic mass is 10.1. The fourth-order valence-corrected chi connectivity index (χ4v) is 3.50. The quantitative estimate of drug-likeness (QED) is 0.654. The third-order valence-electron chi connectivity index (χ3n) is 5.44. The van der Waals surface area contributed by atoms with Crippen LogP contribution in [-0.2, 0) is 13.0 Å². The van der Waals surface area contributed by atoms with Crippen LogP contribution in [0.25, 0.3) is 11.5 Å². The van der Waals surface area contributed by atoms with Crippen LogP contribution in [0.2, 0.25) is 0 Å². The number of aryl methyl sites for hydroxylation is 1. The molecule has 1 aliphatic rings. The normalized spacial score (nSPS) is 14.5. The summed E-state index contributed by atoms with van der Waals surface area (Å²) in [6.07, 6.45) is 0.984. The van der Waals surface area contributed by atoms with E-state index in [2.05, 4.69) is 27.3 Å². The molecule has 2 heterocycles. The van der Waals surface area contributed by atoms with E-state index in [1.807, 2.05) is 53.4 Å². The number of ether oxygens (including phenoxy) is 1. The Bertz CT molecular complexity index is 993. The molecule has 1 aliphatic heterocycles. The summed E-state index contributed by atoms with van der Waals surface area (Å²) >= 11 is 0. The molecule has 2 amide bonds. The molecule has 1 aromatic heterocycles. The Balaban J connectivity index is 1.27. The number of hydrogen-bond acceptors (Lipinski definition) is 6. The van der Waals surface area contributed by atoms with Crippen molar-refractivity contribution in [3.05, 3.63) is 59.9 Å². The number of rotatable bonds is 6. The number of piperazine rings is 1. The molecule has 1 saturated heterocycles. The van der Waals surface area contributed by atoms with E-state index in [1.54, 1.807) is 7.11 Å². The van der Waals surface area contributed by atoms with Gasteiger partial charge in [-0.3, -0.25) is 4.90 Å². The number of methoxy groups -OCH3 is 1. The highest BCUT2D eigenvalue weighted by molar-refractivity contribution is 5.89. The maximum atomic E-state index is 12.5. The van der Waals surface area contributed by atoms with Crippen LogP contribution in [0.1, 0.15) is 18.3 Å². The lowest BCUT2D eigenvalue weighted by molar-refractivity contribution is 0.140. The molecule has 0 saturated carbocycles. The van der Waals surface area contributed by atoms with E-state index in [1.165, 1.54) is 5.56 Å². The number of carbonyl (C=O) groups is 1. The predicted molar refractivity (Wildman–Crippen MR) is 118 cm³/mol. The van der Waals surface area contributed by atoms with Gasteiger partial charge in [-0.2, -0.15) is 4.98 Å². The number of nitrogens with one attached hydrogen (secondary N) is 1. The standard InChI is InChI=1S/C23H27N5O3/c1-3-17-4-8-19(9-5-17)24-23(29)28-14-12-27(13-15-28)16-21-25-22(31-26-21)18-6-10-20(30-2)11-7-18/h4-11H,3,12-16H2,1-2H3,(H,24,29). The average molecular weight is 422 g/mol. The van der Waals surface area contributed by atoms with Crippen molar-refractivity contribution in [2.75, 3.05) is 38.6 Å². The maximum Gasteiger partial charge on any atom is 0.321 e. The van der Waals surface area contributed by atoms with Crippen LogP contribution in [-0.4, -0.2) is 59.3 Å². The highest BCUT2D eigenvalue weighted by Crippen LogP contribution is 2.21. The molecule has 1 fully saturated rings. The van der Waals surface area contributed by atoms with Crippen LogP contribution in [0.4, 0.5) is 10.5 Å². The van der Waals surface area contributed by atoms with Crippen LogP contribution in [0, 0.1) is 0 Å². The van der Waals surface area contributed by atoms with Crippen molar-refractivity contribution in [1.29, 1.82) is 0 Å². The second kappa shape index (κ2) is 9.61. The zero-order chi connectivity index (χ0) is 21.6. The SMILES string of the molecule is CCc1ccc(NC(=O)N2CCN(Cc3noc(-c4ccc(OC)cc4)n3)CC2)cc1. The summed E-state index contributed by atoms with van der Waals surface area (Å²) in [4.78, 5) is 21.1. The van der Waals surface area contributed by atoms with Gasteiger partial charge >= 0.3 is 6.03 Å². The van der Waals surface area contributed by atoms with Gasteiger partial charge in [0.05, 0.1) is 13.7 Å². The van der Waals surface area contributed by atoms with Gasteiger partial charge < -0.3 is 19.5 Å². The van der Waals surface area contributed by atoms with Gasteiger partial charge in [0, 0.05) is 37.4 Å². The van der Waals surface area contributed by atoms with Gasteiger partial charge in [-0.15, -0.1) is 0 Å². The number of hydrogen-bond donors (Lipinski definition) is 1. The van der Waals surface area contributed by atoms with Crippen LogP contribution >= 0.6 is 0 Å². The van der Waals surface area contributed by atoms with Gasteiger partial charge in [0.2, 0.25) is 0 Å². The summed E-state index contributed by atoms with van der Waals surface area (Å²) in [5.74, 6) is 1.91. The second-order valence-electron chi connectivity index (χ2n) is 7.49. The number of benzene rings is 2. The van der Waals surface area contributed by atoms with Gasteiger partial charge in [0.1, 0.15) is 5.75 Å². The third-order valence-corrected chi connectivity index (χ3v) is 5.44. The van der Waals surface area contributed by atoms with Crippen molar-refractivity contribution in [3.63, 3.8) is 0 Å². The summed E-state index contributed by atoms with van der Waals surface area (Å²) in [7, 11) is 1.63. The Labute approximate surface area is 181 Å². The monoisotopic (exact) mass is 421 g/mol. The molecule has 1 N–H and O–H groups in total. The summed E-state index contributed by atoms with van der Waals surface area (Å²) in [6, 6.07) is 15.4. The van der Waals surface area contributed by atoms with Crippen molar-refractivity contribution in [3.8, 4) is 17.2 Å². The fraction of sp³-hybridized carbons (Fsp3) is 0.348. The van der Waals surface area contributed by atoms with Crippen molar-refractivity contribution < 1.29 is 14.1 Å². The molecule has 31 heavy (non-hydrogen) atoms. The van der Waals surface area contributed by atoms with Gasteiger partial charge in [0.15, 0.2) is 5.82 Å². The van der Waals surface area contributed by atoms with Crippen molar-refractivity contribution in [1.82, 2.24) is 19.9 Å². The molecule has 0 aliphatic carbocycles. The molecule has 2 aromatic carbocycles. The Morgan fingerprint density at radius 3 is 2.42 bits per heavy atom. The highest BCUT2D eigenvalue weighted by atomic mass is 16.5. The Hall–Kier alpha value is -3.39. The smallest absolute Gasteiger partial charge is 0.321 e. The van der Waals surface area contributed by atoms with Crippen LogP contribution in [0.15, 0.2) is 53.1 Å². The largest absolute Gasteiger partial charge is 0.497 e. The lowest BCUT2D eigenvalue weighted by Crippen LogP contribution is -2.49. The van der Waals surface area contributed by atoms with E-state index in [-0.39, 0.29) is 6.03 Å². The summed E-state index contributed by atoms with van der Waals surface area (Å²) in [5.41, 5.74) is 2.93. The third kappa shape index (κ3) is 5.21. The van der Waals surface area contributed by atoms with E-state index in [4.69, 9.17) is 9.26 Å². The summed E-state index contributed by atoms with van der Waals surface area (Å²) in [5, 5.41) is 7.08. The first-order valence-electron chi connectivity index (χ1n) is 10.5. The molecule has 3 aromatic rings. The molecule has 8 heteroatoms. The minimum Gasteiger partial charge on any atom is -0.497 e. The van der Waals surface area contributed by atoms with Gasteiger partial charge in [-0.1, -0.05) is 24.2 Å². The zero-order valence-electron chi connectivity index (χ0n) is 17.9. The van der Waals surface area contributed by atoms with Gasteiger partial charge in [-0.25, -0.2) is 4.79 Å². The number of carbonyl (C=O) groups excluding carboxylic acids is 1. The minimum absolute atomic E-state index is 0.0646. The van der Waals surface area contributed by atoms with Crippen molar-refractivity contribution in [2.45, 2.75) is 19.9 Å². The van der Waals surface area contributed by atoms with E-state index in [9.17, 15) is 4.79 Å². The minimum atomic E-state index is -0.0646. The van der Waals surface area contributed by atoms with E-state index >= 15 is 0 Å². The molecule has 0 atom stereocenters. The topological polar surface area (TPSA) is 83.7 Å². The van der Waals surface area contributed by atoms with E-state index in [0.717, 1.165) is 36.5 Å².